The number of amides is 1. The van der Waals surface area contributed by atoms with Crippen molar-refractivity contribution in [1.82, 2.24) is 4.90 Å². The average Bonchev–Trinajstić information content (AvgIpc) is 2.45. The van der Waals surface area contributed by atoms with Crippen LogP contribution in [0.15, 0.2) is 60.8 Å². The lowest BCUT2D eigenvalue weighted by molar-refractivity contribution is 0.114. The zero-order chi connectivity index (χ0) is 14.1. The van der Waals surface area contributed by atoms with E-state index in [0.29, 0.717) is 18.8 Å². The van der Waals surface area contributed by atoms with Crippen LogP contribution >= 0.6 is 0 Å². The van der Waals surface area contributed by atoms with Crippen LogP contribution in [0, 0.1) is 0 Å². The second-order valence-electron chi connectivity index (χ2n) is 3.88. The zero-order valence-corrected chi connectivity index (χ0v) is 11.1. The monoisotopic (exact) mass is 258 g/mol. The summed E-state index contributed by atoms with van der Waals surface area (Å²) in [6, 6.07) is 9.52. The highest BCUT2D eigenvalue weighted by Gasteiger charge is 2.12. The summed E-state index contributed by atoms with van der Waals surface area (Å²) in [6.45, 7) is 9.75. The Balaban J connectivity index is 2.65. The number of carbonyl (C=O) groups is 1. The standard InChI is InChI=1S/C15H18N2O2/c1-4-11-17(12-5-2)15(18)19-16-13(3)14-9-7-6-8-10-14/h4-10H,1-2,11-12H2,3H3/b16-13+. The first-order chi connectivity index (χ1) is 9.19. The molecular formula is C15H18N2O2. The van der Waals surface area contributed by atoms with Crippen LogP contribution in [0.1, 0.15) is 12.5 Å². The summed E-state index contributed by atoms with van der Waals surface area (Å²) in [5, 5.41) is 3.84. The Morgan fingerprint density at radius 2 is 1.84 bits per heavy atom. The van der Waals surface area contributed by atoms with Gasteiger partial charge < -0.3 is 0 Å². The molecule has 0 unspecified atom stereocenters. The predicted octanol–water partition coefficient (Wildman–Crippen LogP) is 3.22. The molecule has 100 valence electrons. The molecule has 0 aliphatic heterocycles. The summed E-state index contributed by atoms with van der Waals surface area (Å²) in [7, 11) is 0. The van der Waals surface area contributed by atoms with Crippen LogP contribution in [0.5, 0.6) is 0 Å². The minimum absolute atomic E-state index is 0.394. The van der Waals surface area contributed by atoms with Gasteiger partial charge in [0, 0.05) is 13.1 Å². The molecule has 4 nitrogen and oxygen atoms in total. The lowest BCUT2D eigenvalue weighted by atomic mass is 10.1. The number of rotatable bonds is 6. The lowest BCUT2D eigenvalue weighted by Crippen LogP contribution is -2.31. The minimum atomic E-state index is -0.518. The fraction of sp³-hybridized carbons (Fsp3) is 0.200. The van der Waals surface area contributed by atoms with Gasteiger partial charge in [-0.1, -0.05) is 47.6 Å². The molecule has 1 aromatic rings. The van der Waals surface area contributed by atoms with Gasteiger partial charge in [0.05, 0.1) is 5.71 Å². The summed E-state index contributed by atoms with van der Waals surface area (Å²) in [5.74, 6) is 0. The largest absolute Gasteiger partial charge is 0.436 e. The summed E-state index contributed by atoms with van der Waals surface area (Å²) >= 11 is 0. The van der Waals surface area contributed by atoms with E-state index in [-0.39, 0.29) is 0 Å². The molecule has 0 aliphatic carbocycles. The fourth-order valence-electron chi connectivity index (χ4n) is 1.43. The number of nitrogens with zero attached hydrogens (tertiary/aromatic N) is 2. The van der Waals surface area contributed by atoms with E-state index in [1.165, 1.54) is 4.90 Å². The first-order valence-electron chi connectivity index (χ1n) is 5.96. The Morgan fingerprint density at radius 1 is 1.26 bits per heavy atom. The normalized spacial score (nSPS) is 10.7. The maximum atomic E-state index is 11.8. The number of hydrogen-bond acceptors (Lipinski definition) is 3. The van der Waals surface area contributed by atoms with E-state index in [1.54, 1.807) is 19.1 Å². The molecule has 1 amide bonds. The minimum Gasteiger partial charge on any atom is -0.299 e. The van der Waals surface area contributed by atoms with Crippen molar-refractivity contribution in [3.05, 3.63) is 61.2 Å². The maximum absolute atomic E-state index is 11.8. The van der Waals surface area contributed by atoms with Gasteiger partial charge in [-0.3, -0.25) is 9.74 Å². The maximum Gasteiger partial charge on any atom is 0.436 e. The third kappa shape index (κ3) is 4.79. The average molecular weight is 258 g/mol. The number of oxime groups is 1. The molecule has 0 spiro atoms. The van der Waals surface area contributed by atoms with Crippen molar-refractivity contribution < 1.29 is 9.63 Å². The molecule has 0 heterocycles. The fourth-order valence-corrected chi connectivity index (χ4v) is 1.43. The van der Waals surface area contributed by atoms with Gasteiger partial charge >= 0.3 is 6.09 Å². The molecule has 0 aliphatic rings. The molecule has 0 aromatic heterocycles. The first kappa shape index (κ1) is 14.7. The third-order valence-corrected chi connectivity index (χ3v) is 2.41. The molecule has 4 heteroatoms. The van der Waals surface area contributed by atoms with Gasteiger partial charge in [0.15, 0.2) is 0 Å². The molecule has 0 atom stereocenters. The van der Waals surface area contributed by atoms with Crippen molar-refractivity contribution in [1.29, 1.82) is 0 Å². The van der Waals surface area contributed by atoms with Crippen LogP contribution in [0.4, 0.5) is 4.79 Å². The summed E-state index contributed by atoms with van der Waals surface area (Å²) in [6.07, 6.45) is 2.73. The van der Waals surface area contributed by atoms with Crippen molar-refractivity contribution in [3.63, 3.8) is 0 Å². The molecule has 0 fully saturated rings. The van der Waals surface area contributed by atoms with Gasteiger partial charge in [-0.15, -0.1) is 13.2 Å². The van der Waals surface area contributed by atoms with E-state index in [4.69, 9.17) is 4.84 Å². The second kappa shape index (κ2) is 7.87. The second-order valence-corrected chi connectivity index (χ2v) is 3.88. The van der Waals surface area contributed by atoms with Gasteiger partial charge in [0.2, 0.25) is 0 Å². The zero-order valence-electron chi connectivity index (χ0n) is 11.1. The summed E-state index contributed by atoms with van der Waals surface area (Å²) in [4.78, 5) is 18.1. The summed E-state index contributed by atoms with van der Waals surface area (Å²) in [5.41, 5.74) is 1.56. The van der Waals surface area contributed by atoms with Crippen molar-refractivity contribution >= 4 is 11.8 Å². The van der Waals surface area contributed by atoms with Gasteiger partial charge in [0.25, 0.3) is 0 Å². The summed E-state index contributed by atoms with van der Waals surface area (Å²) < 4.78 is 0. The molecule has 0 saturated heterocycles. The lowest BCUT2D eigenvalue weighted by Gasteiger charge is -2.16. The Labute approximate surface area is 113 Å². The highest BCUT2D eigenvalue weighted by atomic mass is 16.7. The van der Waals surface area contributed by atoms with Crippen LogP contribution in [-0.4, -0.2) is 29.8 Å². The smallest absolute Gasteiger partial charge is 0.299 e. The van der Waals surface area contributed by atoms with Crippen LogP contribution < -0.4 is 0 Å². The van der Waals surface area contributed by atoms with E-state index in [0.717, 1.165) is 5.56 Å². The molecular weight excluding hydrogens is 240 g/mol. The van der Waals surface area contributed by atoms with E-state index >= 15 is 0 Å². The molecule has 1 rings (SSSR count). The molecule has 0 bridgehead atoms. The van der Waals surface area contributed by atoms with E-state index in [2.05, 4.69) is 18.3 Å². The Kier molecular flexibility index (Phi) is 6.09. The third-order valence-electron chi connectivity index (χ3n) is 2.41. The Bertz CT molecular complexity index is 456. The van der Waals surface area contributed by atoms with Crippen molar-refractivity contribution in [3.8, 4) is 0 Å². The highest BCUT2D eigenvalue weighted by Crippen LogP contribution is 2.02. The first-order valence-corrected chi connectivity index (χ1v) is 5.96. The van der Waals surface area contributed by atoms with E-state index in [9.17, 15) is 4.79 Å². The van der Waals surface area contributed by atoms with E-state index in [1.807, 2.05) is 30.3 Å². The van der Waals surface area contributed by atoms with Gasteiger partial charge in [0.1, 0.15) is 0 Å². The Morgan fingerprint density at radius 3 is 2.37 bits per heavy atom. The van der Waals surface area contributed by atoms with Crippen LogP contribution in [0.25, 0.3) is 0 Å². The SMILES string of the molecule is C=CCN(CC=C)C(=O)O/N=C(\C)c1ccccc1. The van der Waals surface area contributed by atoms with Crippen molar-refractivity contribution in [2.45, 2.75) is 6.92 Å². The Hall–Kier alpha value is -2.36. The molecule has 0 saturated carbocycles. The topological polar surface area (TPSA) is 41.9 Å². The number of hydrogen-bond donors (Lipinski definition) is 0. The number of benzene rings is 1. The quantitative estimate of drug-likeness (QED) is 0.340. The molecule has 19 heavy (non-hydrogen) atoms. The molecule has 0 N–H and O–H groups in total. The van der Waals surface area contributed by atoms with Gasteiger partial charge in [-0.05, 0) is 12.5 Å². The number of carbonyl (C=O) groups excluding carboxylic acids is 1. The van der Waals surface area contributed by atoms with Crippen LogP contribution in [0.2, 0.25) is 0 Å². The molecule has 1 aromatic carbocycles. The van der Waals surface area contributed by atoms with Gasteiger partial charge in [-0.25, -0.2) is 4.79 Å². The van der Waals surface area contributed by atoms with Gasteiger partial charge in [-0.2, -0.15) is 0 Å². The van der Waals surface area contributed by atoms with E-state index < -0.39 is 6.09 Å². The van der Waals surface area contributed by atoms with Crippen LogP contribution in [-0.2, 0) is 4.84 Å². The van der Waals surface area contributed by atoms with Crippen LogP contribution in [0.3, 0.4) is 0 Å². The van der Waals surface area contributed by atoms with Crippen molar-refractivity contribution in [2.75, 3.05) is 13.1 Å². The molecule has 0 radical (unpaired) electrons. The van der Waals surface area contributed by atoms with Crippen molar-refractivity contribution in [2.24, 2.45) is 5.16 Å². The predicted molar refractivity (Wildman–Crippen MR) is 77.1 cm³/mol. The highest BCUT2D eigenvalue weighted by molar-refractivity contribution is 5.98.